The number of aryl methyl sites for hydroxylation is 2. The van der Waals surface area contributed by atoms with Crippen molar-refractivity contribution in [1.29, 1.82) is 0 Å². The summed E-state index contributed by atoms with van der Waals surface area (Å²) in [6.45, 7) is 8.24. The SMILES string of the molecule is CCNC(=NCc1c(CC)noc1CC)NCCNC(=O)c1ccc(Cl)c(Cl)c1.I. The molecule has 3 N–H and O–H groups in total. The molecule has 0 bridgehead atoms. The van der Waals surface area contributed by atoms with E-state index in [4.69, 9.17) is 27.7 Å². The standard InChI is InChI=1S/C20H27Cl2N5O2.HI/c1-4-17-14(18(5-2)29-27-17)12-26-20(23-6-3)25-10-9-24-19(28)13-7-8-15(21)16(22)11-13;/h7-8,11H,4-6,9-10,12H2,1-3H3,(H,24,28)(H2,23,25,26);1H. The highest BCUT2D eigenvalue weighted by Crippen LogP contribution is 2.22. The second kappa shape index (κ2) is 13.7. The van der Waals surface area contributed by atoms with Gasteiger partial charge >= 0.3 is 0 Å². The summed E-state index contributed by atoms with van der Waals surface area (Å²) in [6.07, 6.45) is 1.58. The molecular weight excluding hydrogens is 540 g/mol. The van der Waals surface area contributed by atoms with Crippen LogP contribution in [0.5, 0.6) is 0 Å². The Balaban J connectivity index is 0.00000450. The number of carbonyl (C=O) groups is 1. The zero-order valence-electron chi connectivity index (χ0n) is 17.3. The average molecular weight is 568 g/mol. The highest BCUT2D eigenvalue weighted by Gasteiger charge is 2.13. The highest BCUT2D eigenvalue weighted by molar-refractivity contribution is 14.0. The molecule has 0 saturated heterocycles. The third kappa shape index (κ3) is 7.63. The number of hydrogen-bond acceptors (Lipinski definition) is 4. The van der Waals surface area contributed by atoms with Gasteiger partial charge in [-0.05, 0) is 31.5 Å². The first-order valence-corrected chi connectivity index (χ1v) is 10.5. The fourth-order valence-corrected chi connectivity index (χ4v) is 3.01. The predicted molar refractivity (Wildman–Crippen MR) is 132 cm³/mol. The fourth-order valence-electron chi connectivity index (χ4n) is 2.71. The lowest BCUT2D eigenvalue weighted by Crippen LogP contribution is -2.41. The van der Waals surface area contributed by atoms with Gasteiger partial charge in [0.25, 0.3) is 5.91 Å². The van der Waals surface area contributed by atoms with E-state index in [9.17, 15) is 4.79 Å². The third-order valence-corrected chi connectivity index (χ3v) is 4.97. The van der Waals surface area contributed by atoms with Gasteiger partial charge in [0.1, 0.15) is 5.76 Å². The Morgan fingerprint density at radius 3 is 2.43 bits per heavy atom. The van der Waals surface area contributed by atoms with Gasteiger partial charge in [-0.3, -0.25) is 4.79 Å². The molecule has 2 rings (SSSR count). The number of guanidine groups is 1. The predicted octanol–water partition coefficient (Wildman–Crippen LogP) is 4.21. The smallest absolute Gasteiger partial charge is 0.251 e. The summed E-state index contributed by atoms with van der Waals surface area (Å²) in [5.41, 5.74) is 2.45. The van der Waals surface area contributed by atoms with Crippen molar-refractivity contribution in [2.24, 2.45) is 4.99 Å². The van der Waals surface area contributed by atoms with E-state index in [0.29, 0.717) is 41.2 Å². The van der Waals surface area contributed by atoms with Crippen molar-refractivity contribution in [3.8, 4) is 0 Å². The molecule has 0 unspecified atom stereocenters. The van der Waals surface area contributed by atoms with E-state index >= 15 is 0 Å². The summed E-state index contributed by atoms with van der Waals surface area (Å²) in [5.74, 6) is 1.33. The molecule has 10 heteroatoms. The largest absolute Gasteiger partial charge is 0.361 e. The molecule has 0 radical (unpaired) electrons. The van der Waals surface area contributed by atoms with Gasteiger partial charge in [0, 0.05) is 37.2 Å². The Morgan fingerprint density at radius 1 is 1.07 bits per heavy atom. The minimum Gasteiger partial charge on any atom is -0.361 e. The third-order valence-electron chi connectivity index (χ3n) is 4.23. The normalized spacial score (nSPS) is 11.0. The second-order valence-corrected chi connectivity index (χ2v) is 7.06. The number of hydrogen-bond donors (Lipinski definition) is 3. The van der Waals surface area contributed by atoms with Crippen molar-refractivity contribution in [3.05, 3.63) is 50.8 Å². The maximum atomic E-state index is 12.2. The lowest BCUT2D eigenvalue weighted by Gasteiger charge is -2.12. The molecule has 30 heavy (non-hydrogen) atoms. The fraction of sp³-hybridized carbons (Fsp3) is 0.450. The topological polar surface area (TPSA) is 91.6 Å². The number of halogens is 3. The molecule has 0 aliphatic heterocycles. The van der Waals surface area contributed by atoms with Crippen LogP contribution in [-0.2, 0) is 19.4 Å². The van der Waals surface area contributed by atoms with Crippen LogP contribution in [0.25, 0.3) is 0 Å². The summed E-state index contributed by atoms with van der Waals surface area (Å²) >= 11 is 11.8. The Kier molecular flexibility index (Phi) is 12.1. The van der Waals surface area contributed by atoms with Crippen molar-refractivity contribution in [2.75, 3.05) is 19.6 Å². The van der Waals surface area contributed by atoms with E-state index in [1.54, 1.807) is 18.2 Å². The summed E-state index contributed by atoms with van der Waals surface area (Å²) in [7, 11) is 0. The minimum absolute atomic E-state index is 0. The van der Waals surface area contributed by atoms with Gasteiger partial charge in [0.15, 0.2) is 5.96 Å². The maximum absolute atomic E-state index is 12.2. The molecule has 1 amide bonds. The van der Waals surface area contributed by atoms with Gasteiger partial charge < -0.3 is 20.5 Å². The molecule has 166 valence electrons. The summed E-state index contributed by atoms with van der Waals surface area (Å²) in [6, 6.07) is 4.79. The second-order valence-electron chi connectivity index (χ2n) is 6.24. The van der Waals surface area contributed by atoms with Crippen LogP contribution < -0.4 is 16.0 Å². The van der Waals surface area contributed by atoms with E-state index in [-0.39, 0.29) is 29.9 Å². The van der Waals surface area contributed by atoms with E-state index in [1.807, 2.05) is 20.8 Å². The molecule has 0 saturated carbocycles. The van der Waals surface area contributed by atoms with E-state index in [0.717, 1.165) is 36.4 Å². The summed E-state index contributed by atoms with van der Waals surface area (Å²) in [4.78, 5) is 16.8. The van der Waals surface area contributed by atoms with Crippen LogP contribution in [0.4, 0.5) is 0 Å². The zero-order chi connectivity index (χ0) is 21.2. The average Bonchev–Trinajstić information content (AvgIpc) is 3.13. The first-order valence-electron chi connectivity index (χ1n) is 9.71. The summed E-state index contributed by atoms with van der Waals surface area (Å²) in [5, 5.41) is 14.1. The molecular formula is C20H28Cl2IN5O2. The monoisotopic (exact) mass is 567 g/mol. The van der Waals surface area contributed by atoms with Crippen LogP contribution >= 0.6 is 47.2 Å². The first-order chi connectivity index (χ1) is 14.0. The Morgan fingerprint density at radius 2 is 1.80 bits per heavy atom. The van der Waals surface area contributed by atoms with Gasteiger partial charge in [0.05, 0.1) is 22.3 Å². The van der Waals surface area contributed by atoms with Crippen LogP contribution in [0.1, 0.15) is 48.1 Å². The quantitative estimate of drug-likeness (QED) is 0.183. The lowest BCUT2D eigenvalue weighted by molar-refractivity contribution is 0.0954. The number of benzene rings is 1. The van der Waals surface area contributed by atoms with E-state index in [2.05, 4.69) is 26.1 Å². The van der Waals surface area contributed by atoms with Gasteiger partial charge in [0.2, 0.25) is 0 Å². The molecule has 1 heterocycles. The molecule has 7 nitrogen and oxygen atoms in total. The molecule has 0 atom stereocenters. The Labute approximate surface area is 204 Å². The van der Waals surface area contributed by atoms with Crippen molar-refractivity contribution >= 4 is 59.0 Å². The van der Waals surface area contributed by atoms with Crippen LogP contribution in [0.15, 0.2) is 27.7 Å². The lowest BCUT2D eigenvalue weighted by atomic mass is 10.1. The highest BCUT2D eigenvalue weighted by atomic mass is 127. The number of amides is 1. The number of aromatic nitrogens is 1. The minimum atomic E-state index is -0.211. The molecule has 2 aromatic rings. The molecule has 1 aromatic carbocycles. The van der Waals surface area contributed by atoms with Gasteiger partial charge in [-0.2, -0.15) is 0 Å². The molecule has 1 aromatic heterocycles. The van der Waals surface area contributed by atoms with Crippen molar-refractivity contribution < 1.29 is 9.32 Å². The van der Waals surface area contributed by atoms with Crippen molar-refractivity contribution in [1.82, 2.24) is 21.1 Å². The van der Waals surface area contributed by atoms with Crippen LogP contribution in [0.3, 0.4) is 0 Å². The molecule has 0 spiro atoms. The molecule has 0 aliphatic carbocycles. The van der Waals surface area contributed by atoms with Gasteiger partial charge in [-0.25, -0.2) is 4.99 Å². The van der Waals surface area contributed by atoms with E-state index < -0.39 is 0 Å². The number of carbonyl (C=O) groups excluding carboxylic acids is 1. The molecule has 0 fully saturated rings. The zero-order valence-corrected chi connectivity index (χ0v) is 21.2. The van der Waals surface area contributed by atoms with Crippen LogP contribution in [0.2, 0.25) is 10.0 Å². The van der Waals surface area contributed by atoms with Crippen molar-refractivity contribution in [2.45, 2.75) is 40.2 Å². The molecule has 0 aliphatic rings. The van der Waals surface area contributed by atoms with E-state index in [1.165, 1.54) is 0 Å². The van der Waals surface area contributed by atoms with Crippen LogP contribution in [-0.4, -0.2) is 36.7 Å². The number of aliphatic imine (C=N–C) groups is 1. The van der Waals surface area contributed by atoms with Gasteiger partial charge in [-0.15, -0.1) is 24.0 Å². The number of nitrogens with zero attached hydrogens (tertiary/aromatic N) is 2. The number of rotatable bonds is 9. The Bertz CT molecular complexity index is 836. The maximum Gasteiger partial charge on any atom is 0.251 e. The summed E-state index contributed by atoms with van der Waals surface area (Å²) < 4.78 is 5.39. The van der Waals surface area contributed by atoms with Gasteiger partial charge in [-0.1, -0.05) is 42.2 Å². The van der Waals surface area contributed by atoms with Crippen molar-refractivity contribution in [3.63, 3.8) is 0 Å². The first kappa shape index (κ1) is 26.5. The van der Waals surface area contributed by atoms with Crippen LogP contribution in [0, 0.1) is 0 Å². The Hall–Kier alpha value is -1.52. The number of nitrogens with one attached hydrogen (secondary N) is 3.